The molecule has 0 bridgehead atoms. The zero-order valence-electron chi connectivity index (χ0n) is 17.7. The molecule has 1 saturated heterocycles. The molecule has 0 N–H and O–H groups in total. The summed E-state index contributed by atoms with van der Waals surface area (Å²) in [5.41, 5.74) is 3.68. The molecule has 1 unspecified atom stereocenters. The molecule has 1 aliphatic rings. The summed E-state index contributed by atoms with van der Waals surface area (Å²) in [6, 6.07) is 7.19. The minimum atomic E-state index is -0.499. The number of amides is 1. The highest BCUT2D eigenvalue weighted by Crippen LogP contribution is 2.22. The van der Waals surface area contributed by atoms with Crippen molar-refractivity contribution in [2.75, 3.05) is 13.2 Å². The maximum absolute atomic E-state index is 12.8. The molecule has 0 radical (unpaired) electrons. The predicted octanol–water partition coefficient (Wildman–Crippen LogP) is 4.16. The van der Waals surface area contributed by atoms with Crippen LogP contribution in [0.3, 0.4) is 0 Å². The van der Waals surface area contributed by atoms with Crippen LogP contribution < -0.4 is 0 Å². The van der Waals surface area contributed by atoms with Gasteiger partial charge < -0.3 is 9.64 Å². The quantitative estimate of drug-likeness (QED) is 0.511. The van der Waals surface area contributed by atoms with Crippen molar-refractivity contribution in [2.24, 2.45) is 0 Å². The van der Waals surface area contributed by atoms with Crippen molar-refractivity contribution < 1.29 is 14.3 Å². The van der Waals surface area contributed by atoms with Gasteiger partial charge in [0.25, 0.3) is 0 Å². The van der Waals surface area contributed by atoms with E-state index in [2.05, 4.69) is 5.10 Å². The summed E-state index contributed by atoms with van der Waals surface area (Å²) in [7, 11) is 0. The van der Waals surface area contributed by atoms with E-state index in [-0.39, 0.29) is 11.9 Å². The molecule has 7 heteroatoms. The van der Waals surface area contributed by atoms with Crippen LogP contribution in [-0.4, -0.2) is 45.8 Å². The Morgan fingerprint density at radius 3 is 2.77 bits per heavy atom. The number of rotatable bonds is 6. The smallest absolute Gasteiger partial charge is 0.328 e. The van der Waals surface area contributed by atoms with Gasteiger partial charge in [-0.25, -0.2) is 4.79 Å². The van der Waals surface area contributed by atoms with Gasteiger partial charge in [0.1, 0.15) is 6.04 Å². The first-order chi connectivity index (χ1) is 14.4. The van der Waals surface area contributed by atoms with Crippen LogP contribution in [0.1, 0.15) is 48.7 Å². The molecule has 2 aromatic rings. The van der Waals surface area contributed by atoms with E-state index in [1.165, 1.54) is 6.08 Å². The first-order valence-electron chi connectivity index (χ1n) is 10.3. The normalized spacial score (nSPS) is 16.8. The molecule has 0 aliphatic carbocycles. The average molecular weight is 430 g/mol. The molecular formula is C23H28ClN3O3. The van der Waals surface area contributed by atoms with E-state index in [9.17, 15) is 9.59 Å². The number of likely N-dealkylation sites (tertiary alicyclic amines) is 1. The van der Waals surface area contributed by atoms with Gasteiger partial charge in [-0.2, -0.15) is 5.10 Å². The van der Waals surface area contributed by atoms with Crippen molar-refractivity contribution in [3.8, 4) is 0 Å². The fraction of sp³-hybridized carbons (Fsp3) is 0.435. The first kappa shape index (κ1) is 22.1. The lowest BCUT2D eigenvalue weighted by Gasteiger charge is -2.33. The standard InChI is InChI=1S/C23H28ClN3O3/c1-4-30-23(29)21-11-7-8-14-26(21)22(28)13-12-19-16(2)25-27(17(19)3)15-18-9-5-6-10-20(18)24/h5-6,9-10,12-13,21H,4,7-8,11,14-15H2,1-3H3/b13-12+. The Labute approximate surface area is 182 Å². The highest BCUT2D eigenvalue weighted by atomic mass is 35.5. The van der Waals surface area contributed by atoms with Gasteiger partial charge in [-0.3, -0.25) is 9.48 Å². The van der Waals surface area contributed by atoms with Gasteiger partial charge >= 0.3 is 5.97 Å². The highest BCUT2D eigenvalue weighted by molar-refractivity contribution is 6.31. The number of nitrogens with zero attached hydrogens (tertiary/aromatic N) is 3. The largest absolute Gasteiger partial charge is 0.464 e. The monoisotopic (exact) mass is 429 g/mol. The fourth-order valence-corrected chi connectivity index (χ4v) is 4.02. The number of hydrogen-bond donors (Lipinski definition) is 0. The molecule has 1 atom stereocenters. The SMILES string of the molecule is CCOC(=O)C1CCCCN1C(=O)/C=C/c1c(C)nn(Cc2ccccc2Cl)c1C. The molecule has 1 aromatic heterocycles. The second-order valence-electron chi connectivity index (χ2n) is 7.46. The Kier molecular flexibility index (Phi) is 7.32. The second kappa shape index (κ2) is 9.94. The Morgan fingerprint density at radius 2 is 2.03 bits per heavy atom. The van der Waals surface area contributed by atoms with Crippen LogP contribution in [-0.2, 0) is 20.9 Å². The van der Waals surface area contributed by atoms with E-state index >= 15 is 0 Å². The second-order valence-corrected chi connectivity index (χ2v) is 7.87. The third-order valence-corrected chi connectivity index (χ3v) is 5.82. The number of aryl methyl sites for hydroxylation is 1. The summed E-state index contributed by atoms with van der Waals surface area (Å²) in [6.07, 6.45) is 5.79. The van der Waals surface area contributed by atoms with Gasteiger partial charge in [0.15, 0.2) is 0 Å². The minimum Gasteiger partial charge on any atom is -0.464 e. The van der Waals surface area contributed by atoms with Crippen molar-refractivity contribution in [1.29, 1.82) is 0 Å². The van der Waals surface area contributed by atoms with Gasteiger partial charge in [0.2, 0.25) is 5.91 Å². The number of benzene rings is 1. The molecule has 1 fully saturated rings. The molecule has 2 heterocycles. The first-order valence-corrected chi connectivity index (χ1v) is 10.7. The van der Waals surface area contributed by atoms with Gasteiger partial charge in [-0.05, 0) is 57.7 Å². The molecule has 30 heavy (non-hydrogen) atoms. The molecule has 160 valence electrons. The van der Waals surface area contributed by atoms with Crippen LogP contribution >= 0.6 is 11.6 Å². The van der Waals surface area contributed by atoms with Crippen molar-refractivity contribution in [1.82, 2.24) is 14.7 Å². The summed E-state index contributed by atoms with van der Waals surface area (Å²) in [4.78, 5) is 26.7. The van der Waals surface area contributed by atoms with E-state index in [0.29, 0.717) is 31.1 Å². The van der Waals surface area contributed by atoms with Crippen LogP contribution in [0.15, 0.2) is 30.3 Å². The summed E-state index contributed by atoms with van der Waals surface area (Å²) < 4.78 is 7.04. The lowest BCUT2D eigenvalue weighted by molar-refractivity contribution is -0.155. The molecule has 1 aromatic carbocycles. The van der Waals surface area contributed by atoms with Crippen LogP contribution in [0.4, 0.5) is 0 Å². The average Bonchev–Trinajstić information content (AvgIpc) is 3.00. The molecule has 0 saturated carbocycles. The van der Waals surface area contributed by atoms with Crippen LogP contribution in [0, 0.1) is 13.8 Å². The van der Waals surface area contributed by atoms with Gasteiger partial charge in [0.05, 0.1) is 18.8 Å². The number of carbonyl (C=O) groups is 2. The van der Waals surface area contributed by atoms with Crippen molar-refractivity contribution in [2.45, 2.75) is 52.6 Å². The van der Waals surface area contributed by atoms with Crippen LogP contribution in [0.25, 0.3) is 6.08 Å². The van der Waals surface area contributed by atoms with E-state index in [0.717, 1.165) is 35.4 Å². The lowest BCUT2D eigenvalue weighted by atomic mass is 10.0. The van der Waals surface area contributed by atoms with Crippen LogP contribution in [0.5, 0.6) is 0 Å². The van der Waals surface area contributed by atoms with Crippen molar-refractivity contribution >= 4 is 29.6 Å². The Hall–Kier alpha value is -2.60. The molecule has 1 amide bonds. The van der Waals surface area contributed by atoms with Crippen molar-refractivity contribution in [3.05, 3.63) is 57.9 Å². The van der Waals surface area contributed by atoms with Gasteiger partial charge in [-0.15, -0.1) is 0 Å². The predicted molar refractivity (Wildman–Crippen MR) is 117 cm³/mol. The highest BCUT2D eigenvalue weighted by Gasteiger charge is 2.32. The number of carbonyl (C=O) groups excluding carboxylic acids is 2. The maximum atomic E-state index is 12.8. The number of hydrogen-bond acceptors (Lipinski definition) is 4. The number of halogens is 1. The van der Waals surface area contributed by atoms with Gasteiger partial charge in [0, 0.05) is 28.9 Å². The number of esters is 1. The zero-order valence-corrected chi connectivity index (χ0v) is 18.5. The fourth-order valence-electron chi connectivity index (χ4n) is 3.82. The van der Waals surface area contributed by atoms with Crippen LogP contribution in [0.2, 0.25) is 5.02 Å². The summed E-state index contributed by atoms with van der Waals surface area (Å²) in [5, 5.41) is 5.31. The van der Waals surface area contributed by atoms with E-state index < -0.39 is 6.04 Å². The summed E-state index contributed by atoms with van der Waals surface area (Å²) >= 11 is 6.28. The van der Waals surface area contributed by atoms with Crippen molar-refractivity contribution in [3.63, 3.8) is 0 Å². The van der Waals surface area contributed by atoms with Gasteiger partial charge in [-0.1, -0.05) is 29.8 Å². The molecule has 6 nitrogen and oxygen atoms in total. The molecular weight excluding hydrogens is 402 g/mol. The zero-order chi connectivity index (χ0) is 21.7. The Balaban J connectivity index is 1.77. The lowest BCUT2D eigenvalue weighted by Crippen LogP contribution is -2.48. The van der Waals surface area contributed by atoms with E-state index in [1.807, 2.05) is 42.8 Å². The molecule has 3 rings (SSSR count). The van der Waals surface area contributed by atoms with E-state index in [1.54, 1.807) is 17.9 Å². The van der Waals surface area contributed by atoms with E-state index in [4.69, 9.17) is 16.3 Å². The summed E-state index contributed by atoms with van der Waals surface area (Å²) in [5.74, 6) is -0.496. The topological polar surface area (TPSA) is 64.4 Å². The maximum Gasteiger partial charge on any atom is 0.328 e. The number of piperidine rings is 1. The number of aromatic nitrogens is 2. The third-order valence-electron chi connectivity index (χ3n) is 5.45. The Morgan fingerprint density at radius 1 is 1.27 bits per heavy atom. The molecule has 1 aliphatic heterocycles. The Bertz CT molecular complexity index is 951. The third kappa shape index (κ3) is 4.93. The number of ether oxygens (including phenoxy) is 1. The summed E-state index contributed by atoms with van der Waals surface area (Å²) in [6.45, 7) is 7.11. The molecule has 0 spiro atoms. The minimum absolute atomic E-state index is 0.176.